The number of amides is 2. The summed E-state index contributed by atoms with van der Waals surface area (Å²) >= 11 is 1.55. The molecule has 0 unspecified atom stereocenters. The van der Waals surface area contributed by atoms with E-state index in [1.54, 1.807) is 11.3 Å². The van der Waals surface area contributed by atoms with Gasteiger partial charge in [0.15, 0.2) is 6.61 Å². The third-order valence-electron chi connectivity index (χ3n) is 5.01. The van der Waals surface area contributed by atoms with Crippen molar-refractivity contribution < 1.29 is 27.5 Å². The van der Waals surface area contributed by atoms with Crippen LogP contribution in [-0.2, 0) is 9.53 Å². The molecule has 2 aromatic rings. The fourth-order valence-corrected chi connectivity index (χ4v) is 4.15. The summed E-state index contributed by atoms with van der Waals surface area (Å²) < 4.78 is 40.9. The Labute approximate surface area is 176 Å². The number of carbonyl (C=O) groups is 2. The molecule has 3 rings (SSSR count). The normalized spacial score (nSPS) is 16.2. The van der Waals surface area contributed by atoms with Crippen LogP contribution >= 0.6 is 11.3 Å². The van der Waals surface area contributed by atoms with Crippen molar-refractivity contribution in [1.29, 1.82) is 0 Å². The standard InChI is InChI=1S/C21H23F3N2O3S/c1-14-4-6-15(7-5-14)18(17-3-2-12-30-17)25-19(27)16-8-10-26(11-9-16)20(28)29-13-21(22,23)24/h2-7,12,16,18H,8-11,13H2,1H3,(H,25,27)/t18-/m1/s1. The minimum Gasteiger partial charge on any atom is -0.440 e. The molecule has 0 aliphatic carbocycles. The van der Waals surface area contributed by atoms with Crippen molar-refractivity contribution in [1.82, 2.24) is 10.2 Å². The molecule has 5 nitrogen and oxygen atoms in total. The Morgan fingerprint density at radius 2 is 1.87 bits per heavy atom. The monoisotopic (exact) mass is 440 g/mol. The number of piperidine rings is 1. The third-order valence-corrected chi connectivity index (χ3v) is 5.95. The van der Waals surface area contributed by atoms with Crippen molar-refractivity contribution in [2.45, 2.75) is 32.0 Å². The average molecular weight is 440 g/mol. The lowest BCUT2D eigenvalue weighted by Gasteiger charge is -2.31. The molecule has 2 amide bonds. The van der Waals surface area contributed by atoms with Crippen molar-refractivity contribution in [3.63, 3.8) is 0 Å². The zero-order chi connectivity index (χ0) is 21.7. The number of benzene rings is 1. The molecule has 1 aromatic heterocycles. The molecule has 162 valence electrons. The molecule has 9 heteroatoms. The summed E-state index contributed by atoms with van der Waals surface area (Å²) in [5, 5.41) is 5.05. The zero-order valence-electron chi connectivity index (χ0n) is 16.4. The number of hydrogen-bond donors (Lipinski definition) is 1. The second-order valence-corrected chi connectivity index (χ2v) is 8.28. The molecule has 1 atom stereocenters. The number of rotatable bonds is 5. The summed E-state index contributed by atoms with van der Waals surface area (Å²) in [6.45, 7) is 0.757. The molecular weight excluding hydrogens is 417 g/mol. The Morgan fingerprint density at radius 3 is 2.43 bits per heavy atom. The van der Waals surface area contributed by atoms with Crippen molar-refractivity contribution in [3.05, 3.63) is 57.8 Å². The summed E-state index contributed by atoms with van der Waals surface area (Å²) in [6, 6.07) is 11.6. The lowest BCUT2D eigenvalue weighted by Crippen LogP contribution is -2.44. The Hall–Kier alpha value is -2.55. The van der Waals surface area contributed by atoms with Gasteiger partial charge in [0.05, 0.1) is 6.04 Å². The van der Waals surface area contributed by atoms with Gasteiger partial charge in [-0.25, -0.2) is 4.79 Å². The van der Waals surface area contributed by atoms with Gasteiger partial charge in [0.2, 0.25) is 5.91 Å². The van der Waals surface area contributed by atoms with Crippen molar-refractivity contribution >= 4 is 23.3 Å². The number of halogens is 3. The van der Waals surface area contributed by atoms with E-state index >= 15 is 0 Å². The van der Waals surface area contributed by atoms with Crippen LogP contribution < -0.4 is 5.32 Å². The number of aryl methyl sites for hydroxylation is 1. The van der Waals surface area contributed by atoms with Gasteiger partial charge in [-0.3, -0.25) is 4.79 Å². The molecule has 0 spiro atoms. The molecule has 1 aliphatic heterocycles. The number of nitrogens with one attached hydrogen (secondary N) is 1. The van der Waals surface area contributed by atoms with Gasteiger partial charge in [-0.05, 0) is 36.8 Å². The lowest BCUT2D eigenvalue weighted by atomic mass is 9.95. The van der Waals surface area contributed by atoms with Crippen LogP contribution in [-0.4, -0.2) is 42.8 Å². The molecule has 0 saturated carbocycles. The highest BCUT2D eigenvalue weighted by atomic mass is 32.1. The fraction of sp³-hybridized carbons (Fsp3) is 0.429. The topological polar surface area (TPSA) is 58.6 Å². The van der Waals surface area contributed by atoms with Crippen molar-refractivity contribution in [2.24, 2.45) is 5.92 Å². The minimum absolute atomic E-state index is 0.128. The first kappa shape index (κ1) is 22.1. The molecule has 30 heavy (non-hydrogen) atoms. The molecule has 1 saturated heterocycles. The van der Waals surface area contributed by atoms with Gasteiger partial charge in [0.1, 0.15) is 0 Å². The third kappa shape index (κ3) is 5.98. The van der Waals surface area contributed by atoms with Gasteiger partial charge in [0.25, 0.3) is 0 Å². The van der Waals surface area contributed by atoms with E-state index in [-0.39, 0.29) is 31.0 Å². The Balaban J connectivity index is 1.58. The smallest absolute Gasteiger partial charge is 0.422 e. The number of likely N-dealkylation sites (tertiary alicyclic amines) is 1. The molecule has 2 heterocycles. The first-order chi connectivity index (χ1) is 14.2. The van der Waals surface area contributed by atoms with E-state index in [0.717, 1.165) is 16.0 Å². The largest absolute Gasteiger partial charge is 0.440 e. The SMILES string of the molecule is Cc1ccc([C@@H](NC(=O)C2CCN(C(=O)OCC(F)(F)F)CC2)c2cccs2)cc1. The fourth-order valence-electron chi connectivity index (χ4n) is 3.35. The second kappa shape index (κ2) is 9.51. The average Bonchev–Trinajstić information content (AvgIpc) is 3.25. The van der Waals surface area contributed by atoms with Crippen LogP contribution in [0.4, 0.5) is 18.0 Å². The first-order valence-corrected chi connectivity index (χ1v) is 10.5. The van der Waals surface area contributed by atoms with Crippen LogP contribution in [0.25, 0.3) is 0 Å². The molecule has 1 fully saturated rings. The van der Waals surface area contributed by atoms with Gasteiger partial charge >= 0.3 is 12.3 Å². The number of ether oxygens (including phenoxy) is 1. The summed E-state index contributed by atoms with van der Waals surface area (Å²) in [5.74, 6) is -0.443. The molecule has 1 aromatic carbocycles. The maximum Gasteiger partial charge on any atom is 0.422 e. The molecule has 0 radical (unpaired) electrons. The van der Waals surface area contributed by atoms with Crippen molar-refractivity contribution in [3.8, 4) is 0 Å². The summed E-state index contributed by atoms with van der Waals surface area (Å²) in [7, 11) is 0. The highest BCUT2D eigenvalue weighted by Gasteiger charge is 2.33. The van der Waals surface area contributed by atoms with Gasteiger partial charge in [-0.1, -0.05) is 35.9 Å². The first-order valence-electron chi connectivity index (χ1n) is 9.62. The van der Waals surface area contributed by atoms with Crippen LogP contribution in [0.5, 0.6) is 0 Å². The summed E-state index contributed by atoms with van der Waals surface area (Å²) in [5.41, 5.74) is 2.10. The van der Waals surface area contributed by atoms with Gasteiger partial charge < -0.3 is 15.0 Å². The highest BCUT2D eigenvalue weighted by molar-refractivity contribution is 7.10. The number of carbonyl (C=O) groups excluding carboxylic acids is 2. The molecule has 0 bridgehead atoms. The van der Waals surface area contributed by atoms with E-state index in [1.165, 1.54) is 4.90 Å². The molecular formula is C21H23F3N2O3S. The highest BCUT2D eigenvalue weighted by Crippen LogP contribution is 2.28. The van der Waals surface area contributed by atoms with Gasteiger partial charge in [-0.15, -0.1) is 11.3 Å². The maximum absolute atomic E-state index is 12.9. The van der Waals surface area contributed by atoms with Gasteiger partial charge in [0, 0.05) is 23.9 Å². The predicted octanol–water partition coefficient (Wildman–Crippen LogP) is 4.67. The second-order valence-electron chi connectivity index (χ2n) is 7.30. The zero-order valence-corrected chi connectivity index (χ0v) is 17.3. The van der Waals surface area contributed by atoms with E-state index in [4.69, 9.17) is 0 Å². The summed E-state index contributed by atoms with van der Waals surface area (Å²) in [6.07, 6.45) is -4.81. The Kier molecular flexibility index (Phi) is 7.02. The molecule has 1 aliphatic rings. The summed E-state index contributed by atoms with van der Waals surface area (Å²) in [4.78, 5) is 26.9. The van der Waals surface area contributed by atoms with Gasteiger partial charge in [-0.2, -0.15) is 13.2 Å². The van der Waals surface area contributed by atoms with E-state index < -0.39 is 18.9 Å². The van der Waals surface area contributed by atoms with Crippen LogP contribution in [0.15, 0.2) is 41.8 Å². The maximum atomic E-state index is 12.9. The van der Waals surface area contributed by atoms with Crippen LogP contribution in [0.1, 0.15) is 34.9 Å². The Bertz CT molecular complexity index is 845. The predicted molar refractivity (Wildman–Crippen MR) is 107 cm³/mol. The number of alkyl halides is 3. The molecule has 1 N–H and O–H groups in total. The van der Waals surface area contributed by atoms with E-state index in [2.05, 4.69) is 10.1 Å². The van der Waals surface area contributed by atoms with E-state index in [1.807, 2.05) is 48.7 Å². The van der Waals surface area contributed by atoms with E-state index in [9.17, 15) is 22.8 Å². The van der Waals surface area contributed by atoms with Crippen LogP contribution in [0, 0.1) is 12.8 Å². The number of nitrogens with zero attached hydrogens (tertiary/aromatic N) is 1. The Morgan fingerprint density at radius 1 is 1.20 bits per heavy atom. The lowest BCUT2D eigenvalue weighted by molar-refractivity contribution is -0.162. The number of hydrogen-bond acceptors (Lipinski definition) is 4. The van der Waals surface area contributed by atoms with Crippen LogP contribution in [0.2, 0.25) is 0 Å². The van der Waals surface area contributed by atoms with Crippen molar-refractivity contribution in [2.75, 3.05) is 19.7 Å². The number of thiophene rings is 1. The van der Waals surface area contributed by atoms with E-state index in [0.29, 0.717) is 12.8 Å². The quantitative estimate of drug-likeness (QED) is 0.735. The minimum atomic E-state index is -4.55. The van der Waals surface area contributed by atoms with Crippen LogP contribution in [0.3, 0.4) is 0 Å².